The SMILES string of the molecule is O=C(NNc1nc(Oc2ccccc2)nc(Oc2ccccc2)n1)C(F)(F)F. The van der Waals surface area contributed by atoms with Crippen LogP contribution in [0, 0.1) is 0 Å². The number of benzene rings is 2. The van der Waals surface area contributed by atoms with Crippen molar-refractivity contribution in [3.05, 3.63) is 60.7 Å². The number of alkyl halides is 3. The van der Waals surface area contributed by atoms with E-state index in [1.807, 2.05) is 5.43 Å². The number of nitrogens with one attached hydrogen (secondary N) is 2. The number of ether oxygens (including phenoxy) is 2. The van der Waals surface area contributed by atoms with Gasteiger partial charge in [0.2, 0.25) is 0 Å². The molecule has 3 aromatic rings. The van der Waals surface area contributed by atoms with E-state index in [1.165, 1.54) is 5.43 Å². The third-order valence-corrected chi connectivity index (χ3v) is 3.04. The van der Waals surface area contributed by atoms with Gasteiger partial charge in [0.1, 0.15) is 11.5 Å². The summed E-state index contributed by atoms with van der Waals surface area (Å²) in [5.41, 5.74) is 3.40. The van der Waals surface area contributed by atoms with E-state index in [2.05, 4.69) is 15.0 Å². The van der Waals surface area contributed by atoms with Crippen LogP contribution in [0.3, 0.4) is 0 Å². The van der Waals surface area contributed by atoms with Crippen LogP contribution < -0.4 is 20.3 Å². The van der Waals surface area contributed by atoms with E-state index in [0.717, 1.165) is 0 Å². The number of hydrogen-bond donors (Lipinski definition) is 2. The summed E-state index contributed by atoms with van der Waals surface area (Å²) in [5, 5.41) is 0. The summed E-state index contributed by atoms with van der Waals surface area (Å²) < 4.78 is 47.9. The van der Waals surface area contributed by atoms with E-state index in [4.69, 9.17) is 9.47 Å². The molecule has 3 rings (SSSR count). The molecule has 0 aliphatic carbocycles. The molecule has 0 spiro atoms. The van der Waals surface area contributed by atoms with Crippen LogP contribution in [0.4, 0.5) is 19.1 Å². The Bertz CT molecular complexity index is 880. The maximum absolute atomic E-state index is 12.3. The topological polar surface area (TPSA) is 98.3 Å². The lowest BCUT2D eigenvalue weighted by molar-refractivity contribution is -0.173. The smallest absolute Gasteiger partial charge is 0.424 e. The monoisotopic (exact) mass is 391 g/mol. The van der Waals surface area contributed by atoms with E-state index in [1.54, 1.807) is 60.7 Å². The standard InChI is InChI=1S/C17H12F3N5O3/c18-17(19,20)13(26)24-25-14-21-15(27-11-7-3-1-4-8-11)23-16(22-14)28-12-9-5-2-6-10-12/h1-10H,(H,24,26)(H,21,22,23,25). The average Bonchev–Trinajstić information content (AvgIpc) is 2.67. The van der Waals surface area contributed by atoms with Gasteiger partial charge in [-0.25, -0.2) is 0 Å². The van der Waals surface area contributed by atoms with Crippen LogP contribution in [0.25, 0.3) is 0 Å². The Hall–Kier alpha value is -3.89. The average molecular weight is 391 g/mol. The number of hydrogen-bond acceptors (Lipinski definition) is 7. The van der Waals surface area contributed by atoms with Crippen molar-refractivity contribution in [2.24, 2.45) is 0 Å². The molecule has 0 saturated carbocycles. The Morgan fingerprint density at radius 3 is 1.68 bits per heavy atom. The highest BCUT2D eigenvalue weighted by Gasteiger charge is 2.38. The van der Waals surface area contributed by atoms with Crippen LogP contribution >= 0.6 is 0 Å². The minimum atomic E-state index is -5.08. The lowest BCUT2D eigenvalue weighted by Gasteiger charge is -2.11. The second-order valence-corrected chi connectivity index (χ2v) is 5.13. The van der Waals surface area contributed by atoms with Crippen molar-refractivity contribution in [1.82, 2.24) is 20.4 Å². The highest BCUT2D eigenvalue weighted by Crippen LogP contribution is 2.23. The van der Waals surface area contributed by atoms with Gasteiger partial charge in [-0.15, -0.1) is 4.98 Å². The van der Waals surface area contributed by atoms with Crippen LogP contribution in [-0.4, -0.2) is 27.0 Å². The Kier molecular flexibility index (Phi) is 5.53. The minimum absolute atomic E-state index is 0.254. The zero-order valence-electron chi connectivity index (χ0n) is 14.0. The first-order chi connectivity index (χ1) is 13.4. The zero-order chi connectivity index (χ0) is 20.0. The normalized spacial score (nSPS) is 10.8. The van der Waals surface area contributed by atoms with E-state index in [9.17, 15) is 18.0 Å². The van der Waals surface area contributed by atoms with Gasteiger partial charge in [0.25, 0.3) is 5.95 Å². The van der Waals surface area contributed by atoms with Crippen molar-refractivity contribution in [1.29, 1.82) is 0 Å². The lowest BCUT2D eigenvalue weighted by Crippen LogP contribution is -2.40. The molecule has 1 aromatic heterocycles. The molecule has 8 nitrogen and oxygen atoms in total. The van der Waals surface area contributed by atoms with E-state index < -0.39 is 18.0 Å². The summed E-state index contributed by atoms with van der Waals surface area (Å²) in [7, 11) is 0. The molecule has 0 aliphatic rings. The second-order valence-electron chi connectivity index (χ2n) is 5.13. The van der Waals surface area contributed by atoms with Gasteiger partial charge in [-0.1, -0.05) is 36.4 Å². The van der Waals surface area contributed by atoms with Gasteiger partial charge in [-0.05, 0) is 24.3 Å². The first-order valence-corrected chi connectivity index (χ1v) is 7.75. The number of hydrazine groups is 1. The maximum atomic E-state index is 12.3. The summed E-state index contributed by atoms with van der Waals surface area (Å²) in [6.45, 7) is 0. The van der Waals surface area contributed by atoms with Gasteiger partial charge in [0.05, 0.1) is 0 Å². The molecule has 1 heterocycles. The maximum Gasteiger partial charge on any atom is 0.472 e. The van der Waals surface area contributed by atoms with Crippen LogP contribution in [-0.2, 0) is 4.79 Å². The third kappa shape index (κ3) is 5.30. The Morgan fingerprint density at radius 1 is 0.786 bits per heavy atom. The molecule has 0 unspecified atom stereocenters. The second kappa shape index (κ2) is 8.20. The van der Waals surface area contributed by atoms with Crippen LogP contribution in [0.5, 0.6) is 23.5 Å². The van der Waals surface area contributed by atoms with E-state index in [0.29, 0.717) is 11.5 Å². The number of amides is 1. The summed E-state index contributed by atoms with van der Waals surface area (Å²) in [6.07, 6.45) is -5.08. The van der Waals surface area contributed by atoms with Crippen LogP contribution in [0.15, 0.2) is 60.7 Å². The molecule has 0 fully saturated rings. The van der Waals surface area contributed by atoms with Crippen molar-refractivity contribution < 1.29 is 27.4 Å². The van der Waals surface area contributed by atoms with Crippen molar-refractivity contribution in [2.45, 2.75) is 6.18 Å². The third-order valence-electron chi connectivity index (χ3n) is 3.04. The highest BCUT2D eigenvalue weighted by atomic mass is 19.4. The van der Waals surface area contributed by atoms with E-state index in [-0.39, 0.29) is 12.0 Å². The number of para-hydroxylation sites is 2. The first-order valence-electron chi connectivity index (χ1n) is 7.75. The Balaban J connectivity index is 1.83. The molecule has 2 N–H and O–H groups in total. The minimum Gasteiger partial charge on any atom is -0.424 e. The van der Waals surface area contributed by atoms with Crippen molar-refractivity contribution >= 4 is 11.9 Å². The number of nitrogens with zero attached hydrogens (tertiary/aromatic N) is 3. The van der Waals surface area contributed by atoms with Gasteiger partial charge in [-0.3, -0.25) is 15.6 Å². The van der Waals surface area contributed by atoms with Gasteiger partial charge < -0.3 is 9.47 Å². The molecule has 0 aliphatic heterocycles. The number of carbonyl (C=O) groups is 1. The molecule has 1 amide bonds. The fourth-order valence-corrected chi connectivity index (χ4v) is 1.86. The van der Waals surface area contributed by atoms with Crippen LogP contribution in [0.1, 0.15) is 0 Å². The molecular weight excluding hydrogens is 379 g/mol. The fraction of sp³-hybridized carbons (Fsp3) is 0.0588. The van der Waals surface area contributed by atoms with Gasteiger partial charge in [0.15, 0.2) is 0 Å². The fourth-order valence-electron chi connectivity index (χ4n) is 1.86. The van der Waals surface area contributed by atoms with Crippen molar-refractivity contribution in [3.8, 4) is 23.5 Å². The number of anilines is 1. The molecule has 0 atom stereocenters. The predicted molar refractivity (Wildman–Crippen MR) is 90.7 cm³/mol. The molecule has 144 valence electrons. The van der Waals surface area contributed by atoms with Crippen molar-refractivity contribution in [3.63, 3.8) is 0 Å². The predicted octanol–water partition coefficient (Wildman–Crippen LogP) is 3.46. The number of halogens is 3. The zero-order valence-corrected chi connectivity index (χ0v) is 14.0. The highest BCUT2D eigenvalue weighted by molar-refractivity contribution is 5.82. The number of rotatable bonds is 6. The Labute approximate surface area is 156 Å². The van der Waals surface area contributed by atoms with Crippen LogP contribution in [0.2, 0.25) is 0 Å². The van der Waals surface area contributed by atoms with Crippen molar-refractivity contribution in [2.75, 3.05) is 5.43 Å². The summed E-state index contributed by atoms with van der Waals surface area (Å²) in [5.74, 6) is -1.87. The molecular formula is C17H12F3N5O3. The van der Waals surface area contributed by atoms with Gasteiger partial charge in [-0.2, -0.15) is 23.1 Å². The summed E-state index contributed by atoms with van der Waals surface area (Å²) >= 11 is 0. The van der Waals surface area contributed by atoms with Gasteiger partial charge in [0, 0.05) is 0 Å². The number of aromatic nitrogens is 3. The number of carbonyl (C=O) groups excluding carboxylic acids is 1. The van der Waals surface area contributed by atoms with Gasteiger partial charge >= 0.3 is 24.1 Å². The molecule has 11 heteroatoms. The first kappa shape index (κ1) is 18.9. The molecule has 0 saturated heterocycles. The lowest BCUT2D eigenvalue weighted by atomic mass is 10.3. The molecule has 0 bridgehead atoms. The van der Waals surface area contributed by atoms with E-state index >= 15 is 0 Å². The molecule has 28 heavy (non-hydrogen) atoms. The Morgan fingerprint density at radius 2 is 1.25 bits per heavy atom. The molecule has 0 radical (unpaired) electrons. The largest absolute Gasteiger partial charge is 0.472 e. The summed E-state index contributed by atoms with van der Waals surface area (Å²) in [6, 6.07) is 16.4. The summed E-state index contributed by atoms with van der Waals surface area (Å²) in [4.78, 5) is 22.5. The quantitative estimate of drug-likeness (QED) is 0.621. The molecule has 2 aromatic carbocycles.